The number of H-pyrrole nitrogens is 1. The first kappa shape index (κ1) is 11.6. The lowest BCUT2D eigenvalue weighted by Crippen LogP contribution is -2.14. The molecule has 2 aromatic rings. The Morgan fingerprint density at radius 2 is 1.94 bits per heavy atom. The van der Waals surface area contributed by atoms with Crippen LogP contribution in [0.15, 0.2) is 23.0 Å². The minimum Gasteiger partial charge on any atom is -0.294 e. The normalized spacial score (nSPS) is 10.8. The van der Waals surface area contributed by atoms with Gasteiger partial charge in [0.05, 0.1) is 16.4 Å². The van der Waals surface area contributed by atoms with Crippen LogP contribution in [0.5, 0.6) is 0 Å². The van der Waals surface area contributed by atoms with E-state index in [0.29, 0.717) is 21.4 Å². The van der Waals surface area contributed by atoms with Crippen molar-refractivity contribution in [2.45, 2.75) is 6.92 Å². The van der Waals surface area contributed by atoms with Crippen LogP contribution >= 0.6 is 34.8 Å². The summed E-state index contributed by atoms with van der Waals surface area (Å²) in [7, 11) is 0. The van der Waals surface area contributed by atoms with Gasteiger partial charge in [-0.25, -0.2) is 4.68 Å². The molecule has 0 radical (unpaired) electrons. The lowest BCUT2D eigenvalue weighted by atomic mass is 10.3. The maximum Gasteiger partial charge on any atom is 0.290 e. The summed E-state index contributed by atoms with van der Waals surface area (Å²) in [6.07, 6.45) is 0. The van der Waals surface area contributed by atoms with E-state index in [1.807, 2.05) is 0 Å². The number of halogens is 3. The van der Waals surface area contributed by atoms with Gasteiger partial charge in [0.25, 0.3) is 5.56 Å². The van der Waals surface area contributed by atoms with Crippen LogP contribution in [0.4, 0.5) is 0 Å². The number of hydrogen-bond donors (Lipinski definition) is 1. The number of benzene rings is 1. The second-order valence-corrected chi connectivity index (χ2v) is 4.51. The molecule has 3 nitrogen and oxygen atoms in total. The van der Waals surface area contributed by atoms with E-state index in [1.165, 1.54) is 4.68 Å². The molecule has 0 aliphatic heterocycles. The van der Waals surface area contributed by atoms with Crippen molar-refractivity contribution in [3.63, 3.8) is 0 Å². The molecule has 0 bridgehead atoms. The third-order valence-electron chi connectivity index (χ3n) is 2.15. The van der Waals surface area contributed by atoms with Crippen molar-refractivity contribution in [2.75, 3.05) is 0 Å². The summed E-state index contributed by atoms with van der Waals surface area (Å²) in [5.41, 5.74) is 0.722. The fourth-order valence-electron chi connectivity index (χ4n) is 1.35. The minimum atomic E-state index is -0.344. The van der Waals surface area contributed by atoms with Crippen molar-refractivity contribution in [3.05, 3.63) is 49.3 Å². The quantitative estimate of drug-likeness (QED) is 0.852. The van der Waals surface area contributed by atoms with Crippen LogP contribution in [0, 0.1) is 6.92 Å². The van der Waals surface area contributed by atoms with Gasteiger partial charge >= 0.3 is 0 Å². The fraction of sp³-hybridized carbons (Fsp3) is 0.100. The Bertz CT molecular complexity index is 601. The number of hydrogen-bond acceptors (Lipinski definition) is 1. The van der Waals surface area contributed by atoms with Crippen LogP contribution in [-0.2, 0) is 0 Å². The van der Waals surface area contributed by atoms with Gasteiger partial charge in [-0.2, -0.15) is 0 Å². The molecule has 2 rings (SSSR count). The van der Waals surface area contributed by atoms with E-state index < -0.39 is 0 Å². The van der Waals surface area contributed by atoms with Crippen LogP contribution in [0.2, 0.25) is 15.1 Å². The molecular weight excluding hydrogens is 270 g/mol. The van der Waals surface area contributed by atoms with Crippen LogP contribution in [-0.4, -0.2) is 9.78 Å². The zero-order valence-electron chi connectivity index (χ0n) is 8.22. The summed E-state index contributed by atoms with van der Waals surface area (Å²) in [5.74, 6) is 0. The molecule has 16 heavy (non-hydrogen) atoms. The largest absolute Gasteiger partial charge is 0.294 e. The first-order valence-electron chi connectivity index (χ1n) is 4.43. The predicted molar refractivity (Wildman–Crippen MR) is 66.2 cm³/mol. The highest BCUT2D eigenvalue weighted by atomic mass is 35.5. The van der Waals surface area contributed by atoms with Crippen LogP contribution in [0.3, 0.4) is 0 Å². The number of nitrogens with one attached hydrogen (secondary N) is 1. The summed E-state index contributed by atoms with van der Waals surface area (Å²) < 4.78 is 1.27. The van der Waals surface area contributed by atoms with E-state index in [0.717, 1.165) is 0 Å². The summed E-state index contributed by atoms with van der Waals surface area (Å²) in [5, 5.41) is 3.89. The van der Waals surface area contributed by atoms with Gasteiger partial charge in [-0.3, -0.25) is 9.89 Å². The lowest BCUT2D eigenvalue weighted by molar-refractivity contribution is 0.835. The second kappa shape index (κ2) is 4.17. The summed E-state index contributed by atoms with van der Waals surface area (Å²) in [6.45, 7) is 1.71. The van der Waals surface area contributed by atoms with Crippen LogP contribution in [0.1, 0.15) is 5.69 Å². The van der Waals surface area contributed by atoms with E-state index in [1.54, 1.807) is 25.1 Å². The average molecular weight is 278 g/mol. The first-order chi connectivity index (χ1) is 7.50. The molecule has 84 valence electrons. The maximum atomic E-state index is 11.8. The molecular formula is C10H7Cl3N2O. The highest BCUT2D eigenvalue weighted by Crippen LogP contribution is 2.23. The number of aryl methyl sites for hydroxylation is 1. The van der Waals surface area contributed by atoms with Gasteiger partial charge in [-0.05, 0) is 25.1 Å². The van der Waals surface area contributed by atoms with Gasteiger partial charge in [-0.1, -0.05) is 34.8 Å². The number of nitrogens with zero attached hydrogens (tertiary/aromatic N) is 1. The summed E-state index contributed by atoms with van der Waals surface area (Å²) in [4.78, 5) is 11.8. The number of aromatic amines is 1. The molecule has 0 spiro atoms. The molecule has 1 heterocycles. The van der Waals surface area contributed by atoms with E-state index in [9.17, 15) is 4.79 Å². The SMILES string of the molecule is Cc1[nH]n(-c2cc(Cl)ccc2Cl)c(=O)c1Cl. The fourth-order valence-corrected chi connectivity index (χ4v) is 1.85. The van der Waals surface area contributed by atoms with Crippen molar-refractivity contribution in [1.82, 2.24) is 9.78 Å². The van der Waals surface area contributed by atoms with Crippen molar-refractivity contribution >= 4 is 34.8 Å². The van der Waals surface area contributed by atoms with Crippen molar-refractivity contribution in [3.8, 4) is 5.69 Å². The lowest BCUT2D eigenvalue weighted by Gasteiger charge is -2.04. The molecule has 1 aromatic heterocycles. The summed E-state index contributed by atoms with van der Waals surface area (Å²) in [6, 6.07) is 4.86. The average Bonchev–Trinajstić information content (AvgIpc) is 2.50. The van der Waals surface area contributed by atoms with E-state index in [-0.39, 0.29) is 10.6 Å². The van der Waals surface area contributed by atoms with Crippen molar-refractivity contribution < 1.29 is 0 Å². The van der Waals surface area contributed by atoms with Crippen LogP contribution in [0.25, 0.3) is 5.69 Å². The Labute approximate surface area is 107 Å². The van der Waals surface area contributed by atoms with Gasteiger partial charge in [-0.15, -0.1) is 0 Å². The second-order valence-electron chi connectivity index (χ2n) is 3.29. The van der Waals surface area contributed by atoms with E-state index >= 15 is 0 Å². The minimum absolute atomic E-state index is 0.149. The molecule has 0 fully saturated rings. The van der Waals surface area contributed by atoms with E-state index in [4.69, 9.17) is 34.8 Å². The molecule has 1 aromatic carbocycles. The third-order valence-corrected chi connectivity index (χ3v) is 3.15. The molecule has 0 aliphatic carbocycles. The Morgan fingerprint density at radius 1 is 1.25 bits per heavy atom. The smallest absolute Gasteiger partial charge is 0.290 e. The molecule has 0 saturated heterocycles. The van der Waals surface area contributed by atoms with Gasteiger partial charge < -0.3 is 0 Å². The van der Waals surface area contributed by atoms with E-state index in [2.05, 4.69) is 5.10 Å². The van der Waals surface area contributed by atoms with Gasteiger partial charge in [0.2, 0.25) is 0 Å². The molecule has 6 heteroatoms. The predicted octanol–water partition coefficient (Wildman–Crippen LogP) is 3.43. The highest BCUT2D eigenvalue weighted by Gasteiger charge is 2.12. The zero-order chi connectivity index (χ0) is 11.9. The molecule has 0 atom stereocenters. The number of rotatable bonds is 1. The third kappa shape index (κ3) is 1.86. The Balaban J connectivity index is 2.72. The van der Waals surface area contributed by atoms with Crippen molar-refractivity contribution in [2.24, 2.45) is 0 Å². The maximum absolute atomic E-state index is 11.8. The molecule has 1 N–H and O–H groups in total. The Kier molecular flexibility index (Phi) is 3.02. The van der Waals surface area contributed by atoms with Crippen molar-refractivity contribution in [1.29, 1.82) is 0 Å². The zero-order valence-corrected chi connectivity index (χ0v) is 10.5. The first-order valence-corrected chi connectivity index (χ1v) is 5.56. The van der Waals surface area contributed by atoms with Gasteiger partial charge in [0.15, 0.2) is 0 Å². The van der Waals surface area contributed by atoms with Gasteiger partial charge in [0.1, 0.15) is 5.02 Å². The highest BCUT2D eigenvalue weighted by molar-refractivity contribution is 6.34. The topological polar surface area (TPSA) is 37.8 Å². The molecule has 0 saturated carbocycles. The number of aromatic nitrogens is 2. The molecule has 0 amide bonds. The molecule has 0 aliphatic rings. The Morgan fingerprint density at radius 3 is 2.50 bits per heavy atom. The van der Waals surface area contributed by atoms with Gasteiger partial charge in [0, 0.05) is 5.02 Å². The Hall–Kier alpha value is -0.900. The monoisotopic (exact) mass is 276 g/mol. The standard InChI is InChI=1S/C10H7Cl3N2O/c1-5-9(13)10(16)15(14-5)8-4-6(11)2-3-7(8)12/h2-4,14H,1H3. The van der Waals surface area contributed by atoms with Crippen LogP contribution < -0.4 is 5.56 Å². The molecule has 0 unspecified atom stereocenters. The summed E-state index contributed by atoms with van der Waals surface area (Å²) >= 11 is 17.6.